The lowest BCUT2D eigenvalue weighted by atomic mass is 9.99. The molecule has 3 aromatic rings. The van der Waals surface area contributed by atoms with Crippen molar-refractivity contribution in [2.75, 3.05) is 0 Å². The summed E-state index contributed by atoms with van der Waals surface area (Å²) in [5.74, 6) is -1.05. The van der Waals surface area contributed by atoms with Gasteiger partial charge in [-0.15, -0.1) is 22.7 Å². The number of carbonyl (C=O) groups is 2. The van der Waals surface area contributed by atoms with E-state index in [4.69, 9.17) is 4.42 Å². The molecular weight excluding hydrogens is 384 g/mol. The first-order chi connectivity index (χ1) is 13.0. The number of thiazole rings is 1. The molecule has 0 saturated carbocycles. The van der Waals surface area contributed by atoms with Gasteiger partial charge in [-0.2, -0.15) is 0 Å². The highest BCUT2D eigenvalue weighted by Crippen LogP contribution is 2.41. The minimum atomic E-state index is -0.774. The number of aliphatic hydroxyl groups excluding tert-OH is 1. The average molecular weight is 400 g/mol. The van der Waals surface area contributed by atoms with Gasteiger partial charge < -0.3 is 14.4 Å². The van der Waals surface area contributed by atoms with E-state index in [0.29, 0.717) is 16.3 Å². The van der Waals surface area contributed by atoms with Crippen LogP contribution >= 0.6 is 22.7 Å². The SMILES string of the molecule is Cc1nc(C)c(C(=O)C2=C(O)C(=O)N(Cc3cccs3)C2c2ccco2)s1. The van der Waals surface area contributed by atoms with E-state index in [9.17, 15) is 14.7 Å². The van der Waals surface area contributed by atoms with Gasteiger partial charge in [0.15, 0.2) is 5.76 Å². The second-order valence-corrected chi connectivity index (χ2v) is 8.40. The number of nitrogens with zero attached hydrogens (tertiary/aromatic N) is 2. The molecule has 27 heavy (non-hydrogen) atoms. The Labute approximate surface area is 163 Å². The van der Waals surface area contributed by atoms with Crippen molar-refractivity contribution in [3.63, 3.8) is 0 Å². The van der Waals surface area contributed by atoms with Gasteiger partial charge in [0.1, 0.15) is 11.8 Å². The number of hydrogen-bond acceptors (Lipinski definition) is 7. The molecule has 4 rings (SSSR count). The van der Waals surface area contributed by atoms with E-state index in [1.54, 1.807) is 19.1 Å². The summed E-state index contributed by atoms with van der Waals surface area (Å²) in [5, 5.41) is 13.2. The highest BCUT2D eigenvalue weighted by molar-refractivity contribution is 7.14. The number of aromatic nitrogens is 1. The van der Waals surface area contributed by atoms with Gasteiger partial charge in [0.2, 0.25) is 5.78 Å². The summed E-state index contributed by atoms with van der Waals surface area (Å²) in [5.41, 5.74) is 0.628. The molecule has 6 nitrogen and oxygen atoms in total. The fourth-order valence-electron chi connectivity index (χ4n) is 3.23. The van der Waals surface area contributed by atoms with E-state index < -0.39 is 17.7 Å². The first-order valence-electron chi connectivity index (χ1n) is 8.26. The van der Waals surface area contributed by atoms with Crippen LogP contribution in [0.15, 0.2) is 51.7 Å². The van der Waals surface area contributed by atoms with E-state index >= 15 is 0 Å². The lowest BCUT2D eigenvalue weighted by Gasteiger charge is -2.24. The predicted molar refractivity (Wildman–Crippen MR) is 102 cm³/mol. The van der Waals surface area contributed by atoms with Crippen LogP contribution in [-0.4, -0.2) is 26.7 Å². The largest absolute Gasteiger partial charge is 0.503 e. The van der Waals surface area contributed by atoms with Gasteiger partial charge in [0.25, 0.3) is 5.91 Å². The van der Waals surface area contributed by atoms with E-state index in [1.807, 2.05) is 24.4 Å². The maximum absolute atomic E-state index is 13.2. The number of thiophene rings is 1. The first kappa shape index (κ1) is 17.7. The number of carbonyl (C=O) groups excluding carboxylic acids is 2. The average Bonchev–Trinajstić information content (AvgIpc) is 3.40. The van der Waals surface area contributed by atoms with Gasteiger partial charge in [0, 0.05) is 4.88 Å². The molecule has 0 saturated heterocycles. The summed E-state index contributed by atoms with van der Waals surface area (Å²) in [6.45, 7) is 3.84. The number of Topliss-reactive ketones (excluding diaryl/α,β-unsaturated/α-hetero) is 1. The molecule has 138 valence electrons. The summed E-state index contributed by atoms with van der Waals surface area (Å²) >= 11 is 2.76. The lowest BCUT2D eigenvalue weighted by Crippen LogP contribution is -2.30. The summed E-state index contributed by atoms with van der Waals surface area (Å²) in [6.07, 6.45) is 1.49. The molecule has 1 amide bonds. The van der Waals surface area contributed by atoms with Gasteiger partial charge in [-0.1, -0.05) is 6.07 Å². The molecule has 1 atom stereocenters. The zero-order chi connectivity index (χ0) is 19.1. The Balaban J connectivity index is 1.79. The van der Waals surface area contributed by atoms with Crippen molar-refractivity contribution < 1.29 is 19.1 Å². The van der Waals surface area contributed by atoms with Crippen LogP contribution in [0, 0.1) is 13.8 Å². The number of rotatable bonds is 5. The zero-order valence-electron chi connectivity index (χ0n) is 14.6. The van der Waals surface area contributed by atoms with Crippen LogP contribution in [0.1, 0.15) is 37.1 Å². The summed E-state index contributed by atoms with van der Waals surface area (Å²) < 4.78 is 5.52. The van der Waals surface area contributed by atoms with Gasteiger partial charge in [-0.25, -0.2) is 4.98 Å². The molecule has 8 heteroatoms. The third kappa shape index (κ3) is 3.00. The molecule has 1 aliphatic heterocycles. The van der Waals surface area contributed by atoms with Gasteiger partial charge in [-0.3, -0.25) is 9.59 Å². The number of furan rings is 1. The van der Waals surface area contributed by atoms with Crippen molar-refractivity contribution in [1.82, 2.24) is 9.88 Å². The smallest absolute Gasteiger partial charge is 0.290 e. The summed E-state index contributed by atoms with van der Waals surface area (Å²) in [4.78, 5) is 33.1. The van der Waals surface area contributed by atoms with Crippen LogP contribution in [0.2, 0.25) is 0 Å². The third-order valence-electron chi connectivity index (χ3n) is 4.38. The Morgan fingerprint density at radius 1 is 1.33 bits per heavy atom. The molecule has 0 bridgehead atoms. The summed E-state index contributed by atoms with van der Waals surface area (Å²) in [6, 6.07) is 6.43. The molecule has 0 spiro atoms. The van der Waals surface area contributed by atoms with Gasteiger partial charge in [-0.05, 0) is 37.4 Å². The quantitative estimate of drug-likeness (QED) is 0.649. The lowest BCUT2D eigenvalue weighted by molar-refractivity contribution is -0.130. The molecule has 0 aromatic carbocycles. The van der Waals surface area contributed by atoms with Crippen LogP contribution in [0.3, 0.4) is 0 Å². The number of aryl methyl sites for hydroxylation is 2. The second-order valence-electron chi connectivity index (χ2n) is 6.17. The maximum Gasteiger partial charge on any atom is 0.290 e. The van der Waals surface area contributed by atoms with Crippen molar-refractivity contribution in [3.8, 4) is 0 Å². The van der Waals surface area contributed by atoms with Crippen LogP contribution in [0.4, 0.5) is 0 Å². The minimum absolute atomic E-state index is 0.0401. The normalized spacial score (nSPS) is 17.2. The summed E-state index contributed by atoms with van der Waals surface area (Å²) in [7, 11) is 0. The molecule has 0 radical (unpaired) electrons. The van der Waals surface area contributed by atoms with Crippen molar-refractivity contribution in [2.24, 2.45) is 0 Å². The van der Waals surface area contributed by atoms with Crippen LogP contribution < -0.4 is 0 Å². The molecule has 0 fully saturated rings. The zero-order valence-corrected chi connectivity index (χ0v) is 16.3. The topological polar surface area (TPSA) is 83.6 Å². The van der Waals surface area contributed by atoms with Crippen molar-refractivity contribution in [2.45, 2.75) is 26.4 Å². The molecule has 3 aromatic heterocycles. The fourth-order valence-corrected chi connectivity index (χ4v) is 4.80. The molecule has 1 unspecified atom stereocenters. The van der Waals surface area contributed by atoms with E-state index in [1.165, 1.54) is 33.8 Å². The van der Waals surface area contributed by atoms with Crippen molar-refractivity contribution >= 4 is 34.4 Å². The highest BCUT2D eigenvalue weighted by atomic mass is 32.1. The standard InChI is InChI=1S/C19H16N2O4S2/c1-10-18(27-11(2)20-10)16(22)14-15(13-6-3-7-25-13)21(19(24)17(14)23)9-12-5-4-8-26-12/h3-8,15,23H,9H2,1-2H3. The monoisotopic (exact) mass is 400 g/mol. The number of aliphatic hydroxyl groups is 1. The fraction of sp³-hybridized carbons (Fsp3) is 0.211. The van der Waals surface area contributed by atoms with E-state index in [0.717, 1.165) is 9.88 Å². The molecule has 4 heterocycles. The molecular formula is C19H16N2O4S2. The molecule has 1 aliphatic rings. The van der Waals surface area contributed by atoms with E-state index in [-0.39, 0.29) is 17.9 Å². The Morgan fingerprint density at radius 2 is 2.15 bits per heavy atom. The number of hydrogen-bond donors (Lipinski definition) is 1. The Bertz CT molecular complexity index is 1030. The van der Waals surface area contributed by atoms with Crippen molar-refractivity contribution in [3.05, 3.63) is 73.5 Å². The van der Waals surface area contributed by atoms with Crippen LogP contribution in [0.5, 0.6) is 0 Å². The molecule has 0 aliphatic carbocycles. The van der Waals surface area contributed by atoms with Crippen LogP contribution in [-0.2, 0) is 11.3 Å². The minimum Gasteiger partial charge on any atom is -0.503 e. The third-order valence-corrected chi connectivity index (χ3v) is 6.31. The second kappa shape index (κ2) is 6.79. The number of ketones is 1. The molecule has 1 N–H and O–H groups in total. The number of amides is 1. The van der Waals surface area contributed by atoms with Gasteiger partial charge >= 0.3 is 0 Å². The van der Waals surface area contributed by atoms with Crippen molar-refractivity contribution in [1.29, 1.82) is 0 Å². The Kier molecular flexibility index (Phi) is 4.45. The predicted octanol–water partition coefficient (Wildman–Crippen LogP) is 4.19. The van der Waals surface area contributed by atoms with Gasteiger partial charge in [0.05, 0.1) is 34.0 Å². The Hall–Kier alpha value is -2.71. The Morgan fingerprint density at radius 3 is 2.74 bits per heavy atom. The maximum atomic E-state index is 13.2. The first-order valence-corrected chi connectivity index (χ1v) is 9.95. The van der Waals surface area contributed by atoms with Crippen LogP contribution in [0.25, 0.3) is 0 Å². The highest BCUT2D eigenvalue weighted by Gasteiger charge is 2.45. The van der Waals surface area contributed by atoms with E-state index in [2.05, 4.69) is 4.98 Å².